The minimum absolute atomic E-state index is 0.0683. The Morgan fingerprint density at radius 1 is 1.48 bits per heavy atom. The Balaban J connectivity index is 2.37. The number of hydrogen-bond donors (Lipinski definition) is 3. The van der Waals surface area contributed by atoms with Crippen molar-refractivity contribution < 1.29 is 18.9 Å². The van der Waals surface area contributed by atoms with Gasteiger partial charge in [-0.2, -0.15) is 0 Å². The van der Waals surface area contributed by atoms with E-state index in [9.17, 15) is 14.4 Å². The molecule has 0 aliphatic carbocycles. The second-order valence-electron chi connectivity index (χ2n) is 4.47. The Morgan fingerprint density at radius 2 is 2.24 bits per heavy atom. The van der Waals surface area contributed by atoms with Crippen molar-refractivity contribution >= 4 is 41.9 Å². The summed E-state index contributed by atoms with van der Waals surface area (Å²) in [6.45, 7) is 0. The number of benzene rings is 1. The number of thiol groups is 1. The van der Waals surface area contributed by atoms with E-state index in [4.69, 9.17) is 10.3 Å². The lowest BCUT2D eigenvalue weighted by atomic mass is 9.95. The number of hydrogen-bond acceptors (Lipinski definition) is 6. The predicted molar refractivity (Wildman–Crippen MR) is 77.7 cm³/mol. The van der Waals surface area contributed by atoms with Gasteiger partial charge in [0.15, 0.2) is 5.58 Å². The average molecular weight is 307 g/mol. The third-order valence-electron chi connectivity index (χ3n) is 3.12. The SMILES string of the molecule is NC(=O)C(CCC(=O)NS)c1noc2ccc(C=O)cc12. The molecule has 1 aromatic carbocycles. The summed E-state index contributed by atoms with van der Waals surface area (Å²) >= 11 is 3.64. The van der Waals surface area contributed by atoms with Crippen LogP contribution in [0, 0.1) is 0 Å². The lowest BCUT2D eigenvalue weighted by Crippen LogP contribution is -2.24. The zero-order valence-electron chi connectivity index (χ0n) is 10.9. The van der Waals surface area contributed by atoms with Crippen LogP contribution in [0.4, 0.5) is 0 Å². The van der Waals surface area contributed by atoms with Crippen LogP contribution in [0.3, 0.4) is 0 Å². The minimum atomic E-state index is -0.779. The third kappa shape index (κ3) is 3.22. The van der Waals surface area contributed by atoms with Crippen molar-refractivity contribution in [3.63, 3.8) is 0 Å². The Morgan fingerprint density at radius 3 is 2.86 bits per heavy atom. The van der Waals surface area contributed by atoms with Crippen molar-refractivity contribution in [1.29, 1.82) is 0 Å². The van der Waals surface area contributed by atoms with Gasteiger partial charge in [0.05, 0.1) is 5.92 Å². The molecule has 110 valence electrons. The Hall–Kier alpha value is -2.35. The molecule has 0 fully saturated rings. The van der Waals surface area contributed by atoms with Crippen LogP contribution in [0.2, 0.25) is 0 Å². The number of nitrogens with two attached hydrogens (primary N) is 1. The molecular weight excluding hydrogens is 294 g/mol. The number of rotatable bonds is 6. The average Bonchev–Trinajstić information content (AvgIpc) is 2.89. The summed E-state index contributed by atoms with van der Waals surface area (Å²) in [6, 6.07) is 4.74. The largest absolute Gasteiger partial charge is 0.369 e. The molecule has 1 atom stereocenters. The van der Waals surface area contributed by atoms with Crippen molar-refractivity contribution in [2.75, 3.05) is 0 Å². The molecule has 2 aromatic rings. The van der Waals surface area contributed by atoms with Gasteiger partial charge in [-0.25, -0.2) is 0 Å². The Labute approximate surface area is 125 Å². The van der Waals surface area contributed by atoms with Gasteiger partial charge in [0.1, 0.15) is 12.0 Å². The van der Waals surface area contributed by atoms with E-state index in [0.29, 0.717) is 28.5 Å². The van der Waals surface area contributed by atoms with Gasteiger partial charge in [-0.05, 0) is 24.6 Å². The van der Waals surface area contributed by atoms with E-state index in [-0.39, 0.29) is 18.7 Å². The van der Waals surface area contributed by atoms with E-state index < -0.39 is 11.8 Å². The maximum Gasteiger partial charge on any atom is 0.229 e. The van der Waals surface area contributed by atoms with Gasteiger partial charge in [-0.3, -0.25) is 14.4 Å². The van der Waals surface area contributed by atoms with Crippen LogP contribution in [-0.2, 0) is 9.59 Å². The van der Waals surface area contributed by atoms with Gasteiger partial charge in [0, 0.05) is 17.4 Å². The quantitative estimate of drug-likeness (QED) is 0.543. The number of amides is 2. The fraction of sp³-hybridized carbons (Fsp3) is 0.231. The van der Waals surface area contributed by atoms with E-state index >= 15 is 0 Å². The molecule has 21 heavy (non-hydrogen) atoms. The molecule has 7 nitrogen and oxygen atoms in total. The zero-order chi connectivity index (χ0) is 15.4. The van der Waals surface area contributed by atoms with Gasteiger partial charge in [-0.15, -0.1) is 0 Å². The number of nitrogens with one attached hydrogen (secondary N) is 1. The molecule has 0 aliphatic rings. The van der Waals surface area contributed by atoms with Crippen LogP contribution in [0.25, 0.3) is 11.0 Å². The van der Waals surface area contributed by atoms with E-state index in [2.05, 4.69) is 22.7 Å². The molecule has 0 saturated heterocycles. The highest BCUT2D eigenvalue weighted by Crippen LogP contribution is 2.28. The number of carbonyl (C=O) groups is 3. The summed E-state index contributed by atoms with van der Waals surface area (Å²) in [5.41, 5.74) is 6.58. The van der Waals surface area contributed by atoms with Crippen molar-refractivity contribution in [2.45, 2.75) is 18.8 Å². The fourth-order valence-electron chi connectivity index (χ4n) is 2.04. The highest BCUT2D eigenvalue weighted by molar-refractivity contribution is 7.78. The first-order chi connectivity index (χ1) is 10.1. The predicted octanol–water partition coefficient (Wildman–Crippen LogP) is 0.950. The number of fused-ring (bicyclic) bond motifs is 1. The summed E-state index contributed by atoms with van der Waals surface area (Å²) in [7, 11) is 0. The molecule has 0 radical (unpaired) electrons. The number of primary amides is 1. The molecular formula is C13H13N3O4S. The highest BCUT2D eigenvalue weighted by Gasteiger charge is 2.25. The zero-order valence-corrected chi connectivity index (χ0v) is 11.8. The monoisotopic (exact) mass is 307 g/mol. The van der Waals surface area contributed by atoms with Gasteiger partial charge in [0.25, 0.3) is 0 Å². The highest BCUT2D eigenvalue weighted by atomic mass is 32.1. The standard InChI is InChI=1S/C13H13N3O4S/c14-13(19)8(2-4-11(18)16-21)12-9-5-7(6-17)1-3-10(9)20-15-12/h1,3,5-6,8,21H,2,4H2,(H2,14,19)(H,16,18). The number of carbonyl (C=O) groups excluding carboxylic acids is 3. The van der Waals surface area contributed by atoms with Crippen LogP contribution in [0.15, 0.2) is 22.7 Å². The minimum Gasteiger partial charge on any atom is -0.369 e. The number of nitrogens with zero attached hydrogens (tertiary/aromatic N) is 1. The second kappa shape index (κ2) is 6.40. The van der Waals surface area contributed by atoms with Gasteiger partial charge >= 0.3 is 0 Å². The van der Waals surface area contributed by atoms with Gasteiger partial charge in [-0.1, -0.05) is 18.0 Å². The first kappa shape index (κ1) is 15.0. The molecule has 1 heterocycles. The molecule has 0 spiro atoms. The molecule has 1 aromatic heterocycles. The summed E-state index contributed by atoms with van der Waals surface area (Å²) < 4.78 is 7.30. The van der Waals surface area contributed by atoms with Crippen molar-refractivity contribution in [3.8, 4) is 0 Å². The Kier molecular flexibility index (Phi) is 4.59. The maximum atomic E-state index is 11.6. The van der Waals surface area contributed by atoms with Crippen LogP contribution < -0.4 is 10.5 Å². The van der Waals surface area contributed by atoms with Crippen LogP contribution in [-0.4, -0.2) is 23.3 Å². The maximum absolute atomic E-state index is 11.6. The second-order valence-corrected chi connectivity index (χ2v) is 4.69. The van der Waals surface area contributed by atoms with Crippen LogP contribution >= 0.6 is 12.8 Å². The first-order valence-corrected chi connectivity index (χ1v) is 6.58. The lowest BCUT2D eigenvalue weighted by molar-refractivity contribution is -0.121. The first-order valence-electron chi connectivity index (χ1n) is 6.13. The third-order valence-corrected chi connectivity index (χ3v) is 3.37. The number of aromatic nitrogens is 1. The van der Waals surface area contributed by atoms with Crippen molar-refractivity contribution in [2.24, 2.45) is 5.73 Å². The fourth-order valence-corrected chi connectivity index (χ4v) is 2.16. The topological polar surface area (TPSA) is 115 Å². The molecule has 1 unspecified atom stereocenters. The Bertz CT molecular complexity index is 698. The molecule has 8 heteroatoms. The summed E-state index contributed by atoms with van der Waals surface area (Å²) in [5.74, 6) is -1.72. The van der Waals surface area contributed by atoms with Gasteiger partial charge < -0.3 is 15.0 Å². The lowest BCUT2D eigenvalue weighted by Gasteiger charge is -2.09. The molecule has 0 saturated carbocycles. The normalized spacial score (nSPS) is 12.0. The van der Waals surface area contributed by atoms with E-state index in [1.807, 2.05) is 0 Å². The molecule has 3 N–H and O–H groups in total. The molecule has 0 bridgehead atoms. The summed E-state index contributed by atoms with van der Waals surface area (Å²) in [6.07, 6.45) is 0.928. The number of aldehydes is 1. The van der Waals surface area contributed by atoms with Crippen molar-refractivity contribution in [3.05, 3.63) is 29.5 Å². The van der Waals surface area contributed by atoms with E-state index in [1.165, 1.54) is 0 Å². The smallest absolute Gasteiger partial charge is 0.229 e. The summed E-state index contributed by atoms with van der Waals surface area (Å²) in [5, 5.41) is 4.39. The van der Waals surface area contributed by atoms with Crippen molar-refractivity contribution in [1.82, 2.24) is 9.88 Å². The van der Waals surface area contributed by atoms with E-state index in [0.717, 1.165) is 0 Å². The molecule has 0 aliphatic heterocycles. The van der Waals surface area contributed by atoms with Gasteiger partial charge in [0.2, 0.25) is 11.8 Å². The molecule has 2 amide bonds. The van der Waals surface area contributed by atoms with E-state index in [1.54, 1.807) is 18.2 Å². The molecule has 2 rings (SSSR count). The van der Waals surface area contributed by atoms with Crippen LogP contribution in [0.1, 0.15) is 34.8 Å². The van der Waals surface area contributed by atoms with Crippen LogP contribution in [0.5, 0.6) is 0 Å². The summed E-state index contributed by atoms with van der Waals surface area (Å²) in [4.78, 5) is 33.7.